The molecule has 106 valence electrons. The maximum Gasteiger partial charge on any atom is 0.307 e. The average molecular weight is 264 g/mol. The van der Waals surface area contributed by atoms with Crippen molar-refractivity contribution in [2.45, 2.75) is 26.8 Å². The Morgan fingerprint density at radius 3 is 2.26 bits per heavy atom. The second kappa shape index (κ2) is 8.67. The minimum Gasteiger partial charge on any atom is -0.481 e. The van der Waals surface area contributed by atoms with Crippen molar-refractivity contribution in [2.24, 2.45) is 0 Å². The first kappa shape index (κ1) is 15.7. The van der Waals surface area contributed by atoms with Gasteiger partial charge in [0.25, 0.3) is 0 Å². The van der Waals surface area contributed by atoms with E-state index in [9.17, 15) is 4.79 Å². The van der Waals surface area contributed by atoms with Gasteiger partial charge in [-0.1, -0.05) is 38.1 Å². The fourth-order valence-corrected chi connectivity index (χ4v) is 1.96. The summed E-state index contributed by atoms with van der Waals surface area (Å²) in [6, 6.07) is 7.75. The molecule has 0 heterocycles. The van der Waals surface area contributed by atoms with Crippen LogP contribution in [0.3, 0.4) is 0 Å². The second-order valence-corrected chi connectivity index (χ2v) is 4.59. The lowest BCUT2D eigenvalue weighted by molar-refractivity contribution is -0.136. The fraction of sp³-hybridized carbons (Fsp3) is 0.533. The van der Waals surface area contributed by atoms with Gasteiger partial charge in [0.15, 0.2) is 0 Å². The first-order valence-corrected chi connectivity index (χ1v) is 6.88. The normalized spacial score (nSPS) is 10.9. The lowest BCUT2D eigenvalue weighted by Crippen LogP contribution is -2.31. The monoisotopic (exact) mass is 264 g/mol. The van der Waals surface area contributed by atoms with E-state index in [4.69, 9.17) is 5.11 Å². The largest absolute Gasteiger partial charge is 0.481 e. The molecule has 1 aromatic rings. The van der Waals surface area contributed by atoms with E-state index in [0.717, 1.165) is 38.3 Å². The van der Waals surface area contributed by atoms with E-state index in [1.807, 2.05) is 24.3 Å². The number of carboxylic acid groups (broad SMARTS) is 1. The number of hydrogen-bond acceptors (Lipinski definition) is 3. The Morgan fingerprint density at radius 1 is 1.16 bits per heavy atom. The molecular formula is C15H24N2O2. The molecule has 0 spiro atoms. The van der Waals surface area contributed by atoms with E-state index < -0.39 is 5.97 Å². The van der Waals surface area contributed by atoms with Crippen LogP contribution in [-0.4, -0.2) is 42.2 Å². The maximum atomic E-state index is 10.6. The van der Waals surface area contributed by atoms with Gasteiger partial charge in [0.2, 0.25) is 0 Å². The molecule has 0 aliphatic rings. The Balaban J connectivity index is 2.28. The molecule has 0 fully saturated rings. The molecule has 2 N–H and O–H groups in total. The van der Waals surface area contributed by atoms with Crippen molar-refractivity contribution >= 4 is 5.97 Å². The van der Waals surface area contributed by atoms with Crippen LogP contribution >= 0.6 is 0 Å². The first-order valence-electron chi connectivity index (χ1n) is 6.88. The second-order valence-electron chi connectivity index (χ2n) is 4.59. The van der Waals surface area contributed by atoms with Crippen LogP contribution in [0.4, 0.5) is 0 Å². The van der Waals surface area contributed by atoms with E-state index in [1.165, 1.54) is 5.56 Å². The molecule has 0 bridgehead atoms. The smallest absolute Gasteiger partial charge is 0.307 e. The molecule has 19 heavy (non-hydrogen) atoms. The van der Waals surface area contributed by atoms with Crippen LogP contribution in [0.15, 0.2) is 24.3 Å². The van der Waals surface area contributed by atoms with Crippen molar-refractivity contribution in [3.8, 4) is 0 Å². The average Bonchev–Trinajstić information content (AvgIpc) is 2.40. The predicted octanol–water partition coefficient (Wildman–Crippen LogP) is 1.75. The molecule has 1 aromatic carbocycles. The Labute approximate surface area is 115 Å². The first-order chi connectivity index (χ1) is 9.15. The summed E-state index contributed by atoms with van der Waals surface area (Å²) in [5.41, 5.74) is 2.04. The minimum atomic E-state index is -0.787. The molecule has 4 nitrogen and oxygen atoms in total. The van der Waals surface area contributed by atoms with Gasteiger partial charge in [-0.3, -0.25) is 4.79 Å². The van der Waals surface area contributed by atoms with Gasteiger partial charge in [-0.25, -0.2) is 0 Å². The lowest BCUT2D eigenvalue weighted by Gasteiger charge is -2.18. The molecule has 0 unspecified atom stereocenters. The molecule has 0 saturated carbocycles. The van der Waals surface area contributed by atoms with Crippen molar-refractivity contribution in [3.63, 3.8) is 0 Å². The van der Waals surface area contributed by atoms with Gasteiger partial charge in [0.05, 0.1) is 6.42 Å². The van der Waals surface area contributed by atoms with E-state index >= 15 is 0 Å². The number of rotatable bonds is 9. The third-order valence-electron chi connectivity index (χ3n) is 3.21. The summed E-state index contributed by atoms with van der Waals surface area (Å²) in [5, 5.41) is 12.1. The summed E-state index contributed by atoms with van der Waals surface area (Å²) in [4.78, 5) is 12.9. The van der Waals surface area contributed by atoms with E-state index in [0.29, 0.717) is 0 Å². The number of benzene rings is 1. The Morgan fingerprint density at radius 2 is 1.74 bits per heavy atom. The summed E-state index contributed by atoms with van der Waals surface area (Å²) in [6.07, 6.45) is 0.0929. The van der Waals surface area contributed by atoms with Crippen LogP contribution in [0.5, 0.6) is 0 Å². The highest BCUT2D eigenvalue weighted by atomic mass is 16.4. The molecular weight excluding hydrogens is 240 g/mol. The van der Waals surface area contributed by atoms with Gasteiger partial charge in [-0.2, -0.15) is 0 Å². The van der Waals surface area contributed by atoms with Gasteiger partial charge in [0, 0.05) is 19.6 Å². The van der Waals surface area contributed by atoms with Crippen molar-refractivity contribution in [2.75, 3.05) is 26.2 Å². The quantitative estimate of drug-likeness (QED) is 0.667. The number of nitrogens with one attached hydrogen (secondary N) is 1. The summed E-state index contributed by atoms with van der Waals surface area (Å²) in [6.45, 7) is 9.37. The molecule has 1 rings (SSSR count). The topological polar surface area (TPSA) is 52.6 Å². The number of carbonyl (C=O) groups is 1. The van der Waals surface area contributed by atoms with Gasteiger partial charge < -0.3 is 15.3 Å². The van der Waals surface area contributed by atoms with Crippen molar-refractivity contribution in [3.05, 3.63) is 35.4 Å². The zero-order valence-corrected chi connectivity index (χ0v) is 11.9. The molecule has 0 aliphatic carbocycles. The standard InChI is InChI=1S/C15H24N2O2/c1-3-17(4-2)10-9-16-12-14-7-5-13(6-8-14)11-15(18)19/h5-8,16H,3-4,9-12H2,1-2H3,(H,18,19). The Bertz CT molecular complexity index is 372. The van der Waals surface area contributed by atoms with Gasteiger partial charge in [0.1, 0.15) is 0 Å². The van der Waals surface area contributed by atoms with E-state index in [-0.39, 0.29) is 6.42 Å². The van der Waals surface area contributed by atoms with Gasteiger partial charge in [-0.05, 0) is 24.2 Å². The van der Waals surface area contributed by atoms with Crippen LogP contribution in [-0.2, 0) is 17.8 Å². The molecule has 0 amide bonds. The van der Waals surface area contributed by atoms with E-state index in [2.05, 4.69) is 24.1 Å². The van der Waals surface area contributed by atoms with E-state index in [1.54, 1.807) is 0 Å². The maximum absolute atomic E-state index is 10.6. The van der Waals surface area contributed by atoms with Crippen LogP contribution < -0.4 is 5.32 Å². The molecule has 0 aliphatic heterocycles. The van der Waals surface area contributed by atoms with Crippen molar-refractivity contribution in [1.29, 1.82) is 0 Å². The van der Waals surface area contributed by atoms with Crippen LogP contribution in [0.25, 0.3) is 0 Å². The fourth-order valence-electron chi connectivity index (χ4n) is 1.96. The number of hydrogen-bond donors (Lipinski definition) is 2. The predicted molar refractivity (Wildman–Crippen MR) is 77.3 cm³/mol. The summed E-state index contributed by atoms with van der Waals surface area (Å²) in [7, 11) is 0. The summed E-state index contributed by atoms with van der Waals surface area (Å²) >= 11 is 0. The number of likely N-dealkylation sites (N-methyl/N-ethyl adjacent to an activating group) is 1. The highest BCUT2D eigenvalue weighted by Crippen LogP contribution is 2.05. The minimum absolute atomic E-state index is 0.0929. The molecule has 0 radical (unpaired) electrons. The molecule has 4 heteroatoms. The van der Waals surface area contributed by atoms with Crippen molar-refractivity contribution in [1.82, 2.24) is 10.2 Å². The van der Waals surface area contributed by atoms with Gasteiger partial charge >= 0.3 is 5.97 Å². The number of nitrogens with zero attached hydrogens (tertiary/aromatic N) is 1. The highest BCUT2D eigenvalue weighted by Gasteiger charge is 2.01. The van der Waals surface area contributed by atoms with Crippen LogP contribution in [0, 0.1) is 0 Å². The zero-order valence-electron chi connectivity index (χ0n) is 11.9. The molecule has 0 saturated heterocycles. The highest BCUT2D eigenvalue weighted by molar-refractivity contribution is 5.70. The summed E-state index contributed by atoms with van der Waals surface area (Å²) < 4.78 is 0. The third-order valence-corrected chi connectivity index (χ3v) is 3.21. The lowest BCUT2D eigenvalue weighted by atomic mass is 10.1. The summed E-state index contributed by atoms with van der Waals surface area (Å²) in [5.74, 6) is -0.787. The van der Waals surface area contributed by atoms with Gasteiger partial charge in [-0.15, -0.1) is 0 Å². The SMILES string of the molecule is CCN(CC)CCNCc1ccc(CC(=O)O)cc1. The molecule has 0 atom stereocenters. The zero-order chi connectivity index (χ0) is 14.1. The Kier molecular flexibility index (Phi) is 7.15. The van der Waals surface area contributed by atoms with Crippen LogP contribution in [0.1, 0.15) is 25.0 Å². The number of aliphatic carboxylic acids is 1. The number of carboxylic acids is 1. The Hall–Kier alpha value is -1.39. The van der Waals surface area contributed by atoms with Crippen LogP contribution in [0.2, 0.25) is 0 Å². The van der Waals surface area contributed by atoms with Crippen molar-refractivity contribution < 1.29 is 9.90 Å². The third kappa shape index (κ3) is 6.36. The molecule has 0 aromatic heterocycles.